The first-order chi connectivity index (χ1) is 10.9. The van der Waals surface area contributed by atoms with Crippen LogP contribution in [0, 0.1) is 0 Å². The van der Waals surface area contributed by atoms with Crippen LogP contribution in [0.2, 0.25) is 5.02 Å². The van der Waals surface area contributed by atoms with Crippen molar-refractivity contribution in [1.29, 1.82) is 0 Å². The van der Waals surface area contributed by atoms with E-state index in [1.54, 1.807) is 0 Å². The molecule has 1 aromatic heterocycles. The highest BCUT2D eigenvalue weighted by Crippen LogP contribution is 2.20. The fraction of sp³-hybridized carbons (Fsp3) is 0.385. The maximum atomic E-state index is 12.4. The lowest BCUT2D eigenvalue weighted by Crippen LogP contribution is -2.49. The van der Waals surface area contributed by atoms with Gasteiger partial charge in [-0.25, -0.2) is 18.3 Å². The number of aromatic nitrogens is 3. The van der Waals surface area contributed by atoms with Crippen molar-refractivity contribution in [3.63, 3.8) is 0 Å². The quantitative estimate of drug-likeness (QED) is 0.824. The minimum atomic E-state index is -3.50. The Hall–Kier alpha value is -1.84. The second-order valence-electron chi connectivity index (χ2n) is 5.24. The zero-order chi connectivity index (χ0) is 16.4. The Balaban J connectivity index is 1.63. The number of aromatic amines is 2. The van der Waals surface area contributed by atoms with Gasteiger partial charge in [-0.15, -0.1) is 0 Å². The number of rotatable bonds is 4. The summed E-state index contributed by atoms with van der Waals surface area (Å²) < 4.78 is 26.2. The van der Waals surface area contributed by atoms with Crippen molar-refractivity contribution in [1.82, 2.24) is 19.5 Å². The van der Waals surface area contributed by atoms with Gasteiger partial charge < -0.3 is 4.90 Å². The van der Waals surface area contributed by atoms with Crippen LogP contribution in [0.4, 0.5) is 5.69 Å². The highest BCUT2D eigenvalue weighted by molar-refractivity contribution is 7.88. The van der Waals surface area contributed by atoms with Gasteiger partial charge in [-0.05, 0) is 24.3 Å². The third-order valence-corrected chi connectivity index (χ3v) is 5.74. The molecule has 0 saturated carbocycles. The van der Waals surface area contributed by atoms with Gasteiger partial charge in [0.05, 0.1) is 0 Å². The van der Waals surface area contributed by atoms with Gasteiger partial charge in [0.25, 0.3) is 0 Å². The van der Waals surface area contributed by atoms with E-state index in [1.807, 2.05) is 24.3 Å². The second kappa shape index (κ2) is 6.34. The molecular weight excluding hydrogens is 342 g/mol. The Kier molecular flexibility index (Phi) is 4.42. The molecule has 1 aromatic carbocycles. The molecule has 0 amide bonds. The summed E-state index contributed by atoms with van der Waals surface area (Å²) in [7, 11) is -3.50. The number of hydrogen-bond acceptors (Lipinski definition) is 5. The van der Waals surface area contributed by atoms with Gasteiger partial charge >= 0.3 is 5.69 Å². The summed E-state index contributed by atoms with van der Waals surface area (Å²) in [5.41, 5.74) is 0.505. The molecule has 1 fully saturated rings. The summed E-state index contributed by atoms with van der Waals surface area (Å²) in [6.45, 7) is 1.97. The number of H-pyrrole nitrogens is 2. The smallest absolute Gasteiger partial charge is 0.340 e. The van der Waals surface area contributed by atoms with Crippen LogP contribution in [0.1, 0.15) is 5.82 Å². The molecule has 10 heteroatoms. The molecule has 3 rings (SSSR count). The Labute approximate surface area is 138 Å². The van der Waals surface area contributed by atoms with Crippen molar-refractivity contribution in [3.05, 3.63) is 45.6 Å². The zero-order valence-corrected chi connectivity index (χ0v) is 13.8. The van der Waals surface area contributed by atoms with Crippen molar-refractivity contribution >= 4 is 27.3 Å². The van der Waals surface area contributed by atoms with E-state index >= 15 is 0 Å². The highest BCUT2D eigenvalue weighted by Gasteiger charge is 2.28. The Morgan fingerprint density at radius 3 is 2.35 bits per heavy atom. The van der Waals surface area contributed by atoms with Crippen LogP contribution in [0.15, 0.2) is 29.1 Å². The fourth-order valence-corrected chi connectivity index (χ4v) is 4.02. The van der Waals surface area contributed by atoms with E-state index < -0.39 is 15.7 Å². The monoisotopic (exact) mass is 357 g/mol. The molecule has 2 aromatic rings. The molecule has 23 heavy (non-hydrogen) atoms. The number of nitrogens with zero attached hydrogens (tertiary/aromatic N) is 3. The number of sulfonamides is 1. The number of piperazine rings is 1. The molecule has 0 unspecified atom stereocenters. The average molecular weight is 358 g/mol. The lowest BCUT2D eigenvalue weighted by atomic mass is 10.2. The standard InChI is InChI=1S/C13H16ClN5O3S/c14-10-1-3-11(4-2-10)18-5-7-19(8-6-18)23(21,22)9-12-15-13(20)17-16-12/h1-4H,5-9H2,(H2,15,16,17,20). The summed E-state index contributed by atoms with van der Waals surface area (Å²) in [6, 6.07) is 7.46. The Morgan fingerprint density at radius 1 is 1.13 bits per heavy atom. The molecule has 8 nitrogen and oxygen atoms in total. The SMILES string of the molecule is O=c1[nH]nc(CS(=O)(=O)N2CCN(c3ccc(Cl)cc3)CC2)[nH]1. The summed E-state index contributed by atoms with van der Waals surface area (Å²) >= 11 is 5.87. The molecule has 1 aliphatic heterocycles. The van der Waals surface area contributed by atoms with Gasteiger partial charge in [-0.3, -0.25) is 4.98 Å². The molecular formula is C13H16ClN5O3S. The van der Waals surface area contributed by atoms with E-state index in [1.165, 1.54) is 4.31 Å². The van der Waals surface area contributed by atoms with E-state index in [0.717, 1.165) is 5.69 Å². The minimum absolute atomic E-state index is 0.120. The molecule has 1 saturated heterocycles. The van der Waals surface area contributed by atoms with Gasteiger partial charge in [0.2, 0.25) is 10.0 Å². The summed E-state index contributed by atoms with van der Waals surface area (Å²) in [5.74, 6) is -0.192. The number of halogens is 1. The van der Waals surface area contributed by atoms with Crippen LogP contribution in [-0.2, 0) is 15.8 Å². The summed E-state index contributed by atoms with van der Waals surface area (Å²) in [6.07, 6.45) is 0. The van der Waals surface area contributed by atoms with Crippen molar-refractivity contribution in [3.8, 4) is 0 Å². The first-order valence-corrected chi connectivity index (χ1v) is 9.05. The number of anilines is 1. The zero-order valence-electron chi connectivity index (χ0n) is 12.2. The van der Waals surface area contributed by atoms with Crippen LogP contribution in [-0.4, -0.2) is 54.1 Å². The van der Waals surface area contributed by atoms with Crippen LogP contribution in [0.3, 0.4) is 0 Å². The molecule has 0 spiro atoms. The van der Waals surface area contributed by atoms with Gasteiger partial charge in [-0.2, -0.15) is 9.40 Å². The Bertz CT molecular complexity index is 822. The van der Waals surface area contributed by atoms with E-state index in [-0.39, 0.29) is 11.6 Å². The first-order valence-electron chi connectivity index (χ1n) is 7.06. The van der Waals surface area contributed by atoms with Crippen LogP contribution >= 0.6 is 11.6 Å². The number of nitrogens with one attached hydrogen (secondary N) is 2. The van der Waals surface area contributed by atoms with Crippen LogP contribution in [0.25, 0.3) is 0 Å². The maximum absolute atomic E-state index is 12.4. The van der Waals surface area contributed by atoms with Crippen molar-refractivity contribution in [2.24, 2.45) is 0 Å². The fourth-order valence-electron chi connectivity index (χ4n) is 2.51. The van der Waals surface area contributed by atoms with E-state index in [2.05, 4.69) is 20.1 Å². The molecule has 2 heterocycles. The third kappa shape index (κ3) is 3.74. The largest absolute Gasteiger partial charge is 0.369 e. The molecule has 124 valence electrons. The average Bonchev–Trinajstić information content (AvgIpc) is 2.92. The first kappa shape index (κ1) is 16.0. The number of benzene rings is 1. The lowest BCUT2D eigenvalue weighted by Gasteiger charge is -2.35. The van der Waals surface area contributed by atoms with E-state index in [4.69, 9.17) is 11.6 Å². The predicted octanol–water partition coefficient (Wildman–Crippen LogP) is 0.403. The maximum Gasteiger partial charge on any atom is 0.340 e. The highest BCUT2D eigenvalue weighted by atomic mass is 35.5. The Morgan fingerprint density at radius 2 is 1.78 bits per heavy atom. The molecule has 2 N–H and O–H groups in total. The molecule has 0 atom stereocenters. The third-order valence-electron chi connectivity index (χ3n) is 3.69. The van der Waals surface area contributed by atoms with Crippen LogP contribution < -0.4 is 10.6 Å². The molecule has 0 bridgehead atoms. The summed E-state index contributed by atoms with van der Waals surface area (Å²) in [4.78, 5) is 15.4. The second-order valence-corrected chi connectivity index (χ2v) is 7.65. The molecule has 1 aliphatic rings. The topological polar surface area (TPSA) is 102 Å². The predicted molar refractivity (Wildman–Crippen MR) is 87.1 cm³/mol. The van der Waals surface area contributed by atoms with Crippen molar-refractivity contribution < 1.29 is 8.42 Å². The van der Waals surface area contributed by atoms with Crippen molar-refractivity contribution in [2.75, 3.05) is 31.1 Å². The lowest BCUT2D eigenvalue weighted by molar-refractivity contribution is 0.384. The number of hydrogen-bond donors (Lipinski definition) is 2. The van der Waals surface area contributed by atoms with Crippen molar-refractivity contribution in [2.45, 2.75) is 5.75 Å². The van der Waals surface area contributed by atoms with Gasteiger partial charge in [0, 0.05) is 36.9 Å². The van der Waals surface area contributed by atoms with Gasteiger partial charge in [0.15, 0.2) is 0 Å². The van der Waals surface area contributed by atoms with Crippen LogP contribution in [0.5, 0.6) is 0 Å². The minimum Gasteiger partial charge on any atom is -0.369 e. The van der Waals surface area contributed by atoms with Gasteiger partial charge in [-0.1, -0.05) is 11.6 Å². The molecule has 0 aliphatic carbocycles. The molecule has 0 radical (unpaired) electrons. The van der Waals surface area contributed by atoms with E-state index in [0.29, 0.717) is 31.2 Å². The normalized spacial score (nSPS) is 16.7. The van der Waals surface area contributed by atoms with E-state index in [9.17, 15) is 13.2 Å². The summed E-state index contributed by atoms with van der Waals surface area (Å²) in [5, 5.41) is 6.48. The van der Waals surface area contributed by atoms with Gasteiger partial charge in [0.1, 0.15) is 11.6 Å².